The van der Waals surface area contributed by atoms with Gasteiger partial charge >= 0.3 is 6.03 Å². The van der Waals surface area contributed by atoms with E-state index in [-0.39, 0.29) is 31.1 Å². The van der Waals surface area contributed by atoms with E-state index in [0.29, 0.717) is 28.8 Å². The van der Waals surface area contributed by atoms with Crippen molar-refractivity contribution in [3.05, 3.63) is 28.2 Å². The van der Waals surface area contributed by atoms with Crippen LogP contribution in [0.25, 0.3) is 0 Å². The Morgan fingerprint density at radius 3 is 2.79 bits per heavy atom. The number of urea groups is 1. The molecular weight excluding hydrogens is 355 g/mol. The number of nitrogens with zero attached hydrogens (tertiary/aromatic N) is 2. The molecule has 130 valence electrons. The average Bonchev–Trinajstić information content (AvgIpc) is 2.79. The van der Waals surface area contributed by atoms with Crippen molar-refractivity contribution in [2.75, 3.05) is 19.7 Å². The summed E-state index contributed by atoms with van der Waals surface area (Å²) in [5.74, 6) is 0.153. The number of halogens is 2. The minimum Gasteiger partial charge on any atom is -0.489 e. The van der Waals surface area contributed by atoms with E-state index in [1.165, 1.54) is 6.07 Å². The number of aliphatic hydroxyl groups excluding tert-OH is 1. The molecule has 1 N–H and O–H groups in total. The molecule has 6 nitrogen and oxygen atoms in total. The predicted molar refractivity (Wildman–Crippen MR) is 89.4 cm³/mol. The molecule has 24 heavy (non-hydrogen) atoms. The third-order valence-corrected chi connectivity index (χ3v) is 4.78. The van der Waals surface area contributed by atoms with Gasteiger partial charge in [-0.2, -0.15) is 0 Å². The Morgan fingerprint density at radius 1 is 1.29 bits per heavy atom. The van der Waals surface area contributed by atoms with Crippen molar-refractivity contribution >= 4 is 35.1 Å². The number of fused-ring (bicyclic) bond motifs is 1. The number of hydrogen-bond donors (Lipinski definition) is 1. The zero-order valence-electron chi connectivity index (χ0n) is 13.0. The molecule has 2 heterocycles. The number of ether oxygens (including phenoxy) is 1. The molecule has 0 spiro atoms. The molecule has 0 aromatic heterocycles. The third-order valence-electron chi connectivity index (χ3n) is 4.25. The van der Waals surface area contributed by atoms with Crippen LogP contribution in [0.4, 0.5) is 4.79 Å². The van der Waals surface area contributed by atoms with E-state index in [2.05, 4.69) is 0 Å². The van der Waals surface area contributed by atoms with Gasteiger partial charge in [-0.05, 0) is 37.5 Å². The molecule has 2 aliphatic heterocycles. The van der Waals surface area contributed by atoms with Gasteiger partial charge in [-0.15, -0.1) is 0 Å². The molecule has 1 aromatic rings. The molecule has 0 bridgehead atoms. The van der Waals surface area contributed by atoms with Gasteiger partial charge in [0.15, 0.2) is 0 Å². The molecule has 2 fully saturated rings. The lowest BCUT2D eigenvalue weighted by atomic mass is 10.0. The number of imide groups is 1. The van der Waals surface area contributed by atoms with Crippen molar-refractivity contribution < 1.29 is 19.4 Å². The zero-order valence-corrected chi connectivity index (χ0v) is 14.5. The van der Waals surface area contributed by atoms with Crippen LogP contribution in [0.3, 0.4) is 0 Å². The highest BCUT2D eigenvalue weighted by atomic mass is 35.5. The van der Waals surface area contributed by atoms with Gasteiger partial charge in [-0.3, -0.25) is 9.69 Å². The molecule has 2 atom stereocenters. The number of carbonyl (C=O) groups excluding carboxylic acids is 2. The zero-order chi connectivity index (χ0) is 17.3. The minimum absolute atomic E-state index is 0.0803. The fourth-order valence-electron chi connectivity index (χ4n) is 3.06. The van der Waals surface area contributed by atoms with E-state index in [1.807, 2.05) is 0 Å². The summed E-state index contributed by atoms with van der Waals surface area (Å²) in [7, 11) is 0. The Hall–Kier alpha value is -1.50. The largest absolute Gasteiger partial charge is 0.489 e. The number of aliphatic hydroxyl groups is 1. The summed E-state index contributed by atoms with van der Waals surface area (Å²) >= 11 is 11.8. The first kappa shape index (κ1) is 17.3. The van der Waals surface area contributed by atoms with Gasteiger partial charge < -0.3 is 14.7 Å². The fourth-order valence-corrected chi connectivity index (χ4v) is 3.52. The van der Waals surface area contributed by atoms with Gasteiger partial charge in [-0.25, -0.2) is 4.79 Å². The molecule has 0 aliphatic carbocycles. The van der Waals surface area contributed by atoms with Gasteiger partial charge in [-0.1, -0.05) is 23.2 Å². The van der Waals surface area contributed by atoms with Crippen LogP contribution in [-0.2, 0) is 4.79 Å². The number of β-amino-alcohol motifs (C(OH)–C–C–N with tert-alkyl or cyclic N) is 1. The number of carbonyl (C=O) groups is 2. The van der Waals surface area contributed by atoms with Crippen LogP contribution in [0.15, 0.2) is 18.2 Å². The van der Waals surface area contributed by atoms with Gasteiger partial charge in [0, 0.05) is 11.6 Å². The molecule has 0 saturated carbocycles. The maximum absolute atomic E-state index is 12.3. The average molecular weight is 373 g/mol. The number of rotatable bonds is 5. The Labute approximate surface area is 149 Å². The summed E-state index contributed by atoms with van der Waals surface area (Å²) in [4.78, 5) is 27.3. The van der Waals surface area contributed by atoms with Crippen molar-refractivity contribution in [2.45, 2.75) is 31.4 Å². The molecule has 2 aliphatic rings. The first-order valence-corrected chi connectivity index (χ1v) is 8.61. The fraction of sp³-hybridized carbons (Fsp3) is 0.500. The highest BCUT2D eigenvalue weighted by Gasteiger charge is 2.46. The molecule has 3 rings (SSSR count). The Balaban J connectivity index is 1.57. The molecule has 0 radical (unpaired) electrons. The minimum atomic E-state index is -0.994. The summed E-state index contributed by atoms with van der Waals surface area (Å²) < 4.78 is 5.45. The highest BCUT2D eigenvalue weighted by molar-refractivity contribution is 6.35. The van der Waals surface area contributed by atoms with Crippen LogP contribution >= 0.6 is 23.2 Å². The van der Waals surface area contributed by atoms with Gasteiger partial charge in [0.2, 0.25) is 0 Å². The monoisotopic (exact) mass is 372 g/mol. The van der Waals surface area contributed by atoms with Crippen LogP contribution < -0.4 is 4.74 Å². The standard InChI is InChI=1S/C16H18Cl2N2O4/c17-10-4-5-14(12(18)7-10)24-9-11(21)8-20-15(22)13-3-1-2-6-19(13)16(20)23/h4-5,7,11,13,21H,1-3,6,8-9H2. The van der Waals surface area contributed by atoms with Crippen molar-refractivity contribution in [3.63, 3.8) is 0 Å². The van der Waals surface area contributed by atoms with Crippen molar-refractivity contribution in [1.29, 1.82) is 0 Å². The Kier molecular flexibility index (Phi) is 5.18. The van der Waals surface area contributed by atoms with Crippen molar-refractivity contribution in [1.82, 2.24) is 9.80 Å². The molecular formula is C16H18Cl2N2O4. The topological polar surface area (TPSA) is 70.1 Å². The molecule has 3 amide bonds. The maximum atomic E-state index is 12.3. The highest BCUT2D eigenvalue weighted by Crippen LogP contribution is 2.28. The summed E-state index contributed by atoms with van der Waals surface area (Å²) in [6.45, 7) is 0.428. The van der Waals surface area contributed by atoms with Crippen LogP contribution in [0, 0.1) is 0 Å². The lowest BCUT2D eigenvalue weighted by Gasteiger charge is -2.26. The lowest BCUT2D eigenvalue weighted by molar-refractivity contribution is -0.129. The Morgan fingerprint density at radius 2 is 2.08 bits per heavy atom. The van der Waals surface area contributed by atoms with Gasteiger partial charge in [0.1, 0.15) is 24.5 Å². The third kappa shape index (κ3) is 3.45. The second-order valence-corrected chi connectivity index (χ2v) is 6.82. The van der Waals surface area contributed by atoms with Crippen molar-refractivity contribution in [3.8, 4) is 5.75 Å². The van der Waals surface area contributed by atoms with Crippen molar-refractivity contribution in [2.24, 2.45) is 0 Å². The smallest absolute Gasteiger partial charge is 0.327 e. The maximum Gasteiger partial charge on any atom is 0.327 e. The summed E-state index contributed by atoms with van der Waals surface area (Å²) in [5.41, 5.74) is 0. The first-order chi connectivity index (χ1) is 11.5. The van der Waals surface area contributed by atoms with Gasteiger partial charge in [0.05, 0.1) is 11.6 Å². The Bertz CT molecular complexity index is 631. The van der Waals surface area contributed by atoms with E-state index in [9.17, 15) is 14.7 Å². The second-order valence-electron chi connectivity index (χ2n) is 5.98. The van der Waals surface area contributed by atoms with Crippen LogP contribution in [0.1, 0.15) is 19.3 Å². The number of benzene rings is 1. The van der Waals surface area contributed by atoms with E-state index < -0.39 is 6.10 Å². The second kappa shape index (κ2) is 7.17. The lowest BCUT2D eigenvalue weighted by Crippen LogP contribution is -2.40. The predicted octanol–water partition coefficient (Wildman–Crippen LogP) is 2.55. The van der Waals surface area contributed by atoms with E-state index in [4.69, 9.17) is 27.9 Å². The number of hydrogen-bond acceptors (Lipinski definition) is 4. The number of piperidine rings is 1. The normalized spacial score (nSPS) is 21.9. The summed E-state index contributed by atoms with van der Waals surface area (Å²) in [5, 5.41) is 10.9. The van der Waals surface area contributed by atoms with E-state index >= 15 is 0 Å². The summed E-state index contributed by atoms with van der Waals surface area (Å²) in [6.07, 6.45) is 1.54. The molecule has 2 unspecified atom stereocenters. The van der Waals surface area contributed by atoms with E-state index in [0.717, 1.165) is 17.7 Å². The molecule has 1 aromatic carbocycles. The molecule has 8 heteroatoms. The van der Waals surface area contributed by atoms with Crippen LogP contribution in [-0.4, -0.2) is 58.7 Å². The van der Waals surface area contributed by atoms with Crippen LogP contribution in [0.2, 0.25) is 10.0 Å². The first-order valence-electron chi connectivity index (χ1n) is 7.85. The number of amides is 3. The van der Waals surface area contributed by atoms with E-state index in [1.54, 1.807) is 17.0 Å². The summed E-state index contributed by atoms with van der Waals surface area (Å²) in [6, 6.07) is 4.07. The SMILES string of the molecule is O=C1C2CCCCN2C(=O)N1CC(O)COc1ccc(Cl)cc1Cl. The quantitative estimate of drug-likeness (QED) is 0.806. The van der Waals surface area contributed by atoms with Gasteiger partial charge in [0.25, 0.3) is 5.91 Å². The van der Waals surface area contributed by atoms with Crippen LogP contribution in [0.5, 0.6) is 5.75 Å². The molecule has 2 saturated heterocycles.